The lowest BCUT2D eigenvalue weighted by atomic mass is 10.1. The van der Waals surface area contributed by atoms with Crippen LogP contribution in [0.25, 0.3) is 11.3 Å². The Labute approximate surface area is 164 Å². The predicted octanol–water partition coefficient (Wildman–Crippen LogP) is 4.55. The van der Waals surface area contributed by atoms with Crippen LogP contribution < -0.4 is 10.6 Å². The quantitative estimate of drug-likeness (QED) is 0.465. The van der Waals surface area contributed by atoms with Crippen LogP contribution in [0.3, 0.4) is 0 Å². The van der Waals surface area contributed by atoms with Crippen molar-refractivity contribution in [2.45, 2.75) is 0 Å². The lowest BCUT2D eigenvalue weighted by Crippen LogP contribution is -2.10. The molecule has 0 amide bonds. The molecule has 3 rings (SSSR count). The highest BCUT2D eigenvalue weighted by Gasteiger charge is 2.09. The van der Waals surface area contributed by atoms with Gasteiger partial charge in [-0.05, 0) is 40.8 Å². The summed E-state index contributed by atoms with van der Waals surface area (Å²) in [4.78, 5) is 8.96. The zero-order valence-corrected chi connectivity index (χ0v) is 16.1. The zero-order chi connectivity index (χ0) is 17.6. The first kappa shape index (κ1) is 17.9. The first-order valence-corrected chi connectivity index (χ1v) is 9.12. The Bertz CT molecular complexity index is 861. The number of nitrogens with one attached hydrogen (secondary N) is 2. The van der Waals surface area contributed by atoms with E-state index in [1.165, 1.54) is 0 Å². The van der Waals surface area contributed by atoms with Gasteiger partial charge in [-0.1, -0.05) is 41.9 Å². The number of rotatable bonds is 6. The van der Waals surface area contributed by atoms with Crippen molar-refractivity contribution in [3.8, 4) is 11.3 Å². The number of hydrogen-bond acceptors (Lipinski definition) is 5. The minimum atomic E-state index is 0.00460. The van der Waals surface area contributed by atoms with Crippen molar-refractivity contribution in [3.63, 3.8) is 0 Å². The molecule has 0 atom stereocenters. The van der Waals surface area contributed by atoms with Crippen LogP contribution in [0.5, 0.6) is 0 Å². The molecule has 5 nitrogen and oxygen atoms in total. The van der Waals surface area contributed by atoms with Crippen LogP contribution >= 0.6 is 34.2 Å². The Morgan fingerprint density at radius 1 is 1.04 bits per heavy atom. The summed E-state index contributed by atoms with van der Waals surface area (Å²) in [5, 5.41) is 15.9. The molecule has 0 aliphatic rings. The standard InChI is InChI=1S/C18H16ClIN4O/c19-14-10-13(20)6-7-15(14)22-17-11-16(12-4-2-1-3-5-12)23-18(24-17)21-8-9-25/h1-7,10-11,25H,8-9H2,(H2,21,22,23,24). The first-order chi connectivity index (χ1) is 12.2. The summed E-state index contributed by atoms with van der Waals surface area (Å²) < 4.78 is 1.06. The molecule has 128 valence electrons. The molecule has 0 saturated carbocycles. The predicted molar refractivity (Wildman–Crippen MR) is 110 cm³/mol. The topological polar surface area (TPSA) is 70.1 Å². The number of aromatic nitrogens is 2. The fourth-order valence-corrected chi connectivity index (χ4v) is 3.15. The molecule has 3 N–H and O–H groups in total. The van der Waals surface area contributed by atoms with Gasteiger partial charge in [0.05, 0.1) is 23.0 Å². The lowest BCUT2D eigenvalue weighted by Gasteiger charge is -2.12. The fraction of sp³-hybridized carbons (Fsp3) is 0.111. The van der Waals surface area contributed by atoms with E-state index >= 15 is 0 Å². The zero-order valence-electron chi connectivity index (χ0n) is 13.2. The minimum Gasteiger partial charge on any atom is -0.395 e. The SMILES string of the molecule is OCCNc1nc(Nc2ccc(I)cc2Cl)cc(-c2ccccc2)n1. The Kier molecular flexibility index (Phi) is 6.06. The first-order valence-electron chi connectivity index (χ1n) is 7.67. The van der Waals surface area contributed by atoms with Crippen molar-refractivity contribution < 1.29 is 5.11 Å². The third kappa shape index (κ3) is 4.81. The fourth-order valence-electron chi connectivity index (χ4n) is 2.24. The third-order valence-electron chi connectivity index (χ3n) is 3.38. The Balaban J connectivity index is 1.96. The second-order valence-corrected chi connectivity index (χ2v) is 6.88. The van der Waals surface area contributed by atoms with E-state index in [2.05, 4.69) is 43.2 Å². The summed E-state index contributed by atoms with van der Waals surface area (Å²) in [5.74, 6) is 1.07. The molecule has 0 aliphatic heterocycles. The van der Waals surface area contributed by atoms with Gasteiger partial charge in [0, 0.05) is 21.7 Å². The molecule has 7 heteroatoms. The smallest absolute Gasteiger partial charge is 0.225 e. The summed E-state index contributed by atoms with van der Waals surface area (Å²) in [7, 11) is 0. The lowest BCUT2D eigenvalue weighted by molar-refractivity contribution is 0.311. The van der Waals surface area contributed by atoms with Crippen molar-refractivity contribution in [1.29, 1.82) is 0 Å². The number of aliphatic hydroxyl groups is 1. The molecule has 3 aromatic rings. The monoisotopic (exact) mass is 466 g/mol. The van der Waals surface area contributed by atoms with E-state index in [9.17, 15) is 0 Å². The Morgan fingerprint density at radius 3 is 2.56 bits per heavy atom. The summed E-state index contributed by atoms with van der Waals surface area (Å²) >= 11 is 8.52. The van der Waals surface area contributed by atoms with Crippen LogP contribution in [-0.2, 0) is 0 Å². The summed E-state index contributed by atoms with van der Waals surface area (Å²) in [6.45, 7) is 0.382. The van der Waals surface area contributed by atoms with E-state index in [1.807, 2.05) is 54.6 Å². The summed E-state index contributed by atoms with van der Waals surface area (Å²) in [5.41, 5.74) is 2.53. The van der Waals surface area contributed by atoms with Crippen LogP contribution in [-0.4, -0.2) is 28.2 Å². The maximum atomic E-state index is 9.03. The van der Waals surface area contributed by atoms with Crippen LogP contribution in [0.15, 0.2) is 54.6 Å². The normalized spacial score (nSPS) is 10.5. The number of benzene rings is 2. The Morgan fingerprint density at radius 2 is 1.84 bits per heavy atom. The average molecular weight is 467 g/mol. The van der Waals surface area contributed by atoms with Gasteiger partial charge in [0.2, 0.25) is 5.95 Å². The summed E-state index contributed by atoms with van der Waals surface area (Å²) in [6, 6.07) is 17.5. The van der Waals surface area contributed by atoms with Gasteiger partial charge >= 0.3 is 0 Å². The molecular formula is C18H16ClIN4O. The highest BCUT2D eigenvalue weighted by Crippen LogP contribution is 2.28. The van der Waals surface area contributed by atoms with E-state index < -0.39 is 0 Å². The van der Waals surface area contributed by atoms with Crippen molar-refractivity contribution >= 4 is 51.6 Å². The van der Waals surface area contributed by atoms with Gasteiger partial charge < -0.3 is 15.7 Å². The number of halogens is 2. The van der Waals surface area contributed by atoms with Crippen molar-refractivity contribution in [1.82, 2.24) is 9.97 Å². The molecule has 0 saturated heterocycles. The minimum absolute atomic E-state index is 0.00460. The largest absolute Gasteiger partial charge is 0.395 e. The molecule has 0 aliphatic carbocycles. The van der Waals surface area contributed by atoms with Gasteiger partial charge in [-0.2, -0.15) is 4.98 Å². The van der Waals surface area contributed by atoms with Gasteiger partial charge in [-0.15, -0.1) is 0 Å². The Hall–Kier alpha value is -1.90. The van der Waals surface area contributed by atoms with Crippen molar-refractivity contribution in [3.05, 3.63) is 63.2 Å². The molecule has 1 heterocycles. The number of hydrogen-bond donors (Lipinski definition) is 3. The second kappa shape index (κ2) is 8.46. The van der Waals surface area contributed by atoms with E-state index in [4.69, 9.17) is 16.7 Å². The number of nitrogens with zero attached hydrogens (tertiary/aromatic N) is 2. The van der Waals surface area contributed by atoms with E-state index in [1.54, 1.807) is 0 Å². The van der Waals surface area contributed by atoms with Crippen LogP contribution in [0.2, 0.25) is 5.02 Å². The van der Waals surface area contributed by atoms with Crippen molar-refractivity contribution in [2.75, 3.05) is 23.8 Å². The molecule has 1 aromatic heterocycles. The molecule has 0 spiro atoms. The van der Waals surface area contributed by atoms with Crippen LogP contribution in [0, 0.1) is 3.57 Å². The van der Waals surface area contributed by atoms with Gasteiger partial charge in [-0.3, -0.25) is 0 Å². The maximum absolute atomic E-state index is 9.03. The van der Waals surface area contributed by atoms with Crippen molar-refractivity contribution in [2.24, 2.45) is 0 Å². The molecule has 2 aromatic carbocycles. The number of aliphatic hydroxyl groups excluding tert-OH is 1. The summed E-state index contributed by atoms with van der Waals surface area (Å²) in [6.07, 6.45) is 0. The average Bonchev–Trinajstić information content (AvgIpc) is 2.63. The van der Waals surface area contributed by atoms with Crippen LogP contribution in [0.1, 0.15) is 0 Å². The van der Waals surface area contributed by atoms with Gasteiger partial charge in [-0.25, -0.2) is 4.98 Å². The highest BCUT2D eigenvalue weighted by molar-refractivity contribution is 14.1. The molecule has 0 bridgehead atoms. The maximum Gasteiger partial charge on any atom is 0.225 e. The van der Waals surface area contributed by atoms with Gasteiger partial charge in [0.25, 0.3) is 0 Å². The number of anilines is 3. The molecule has 25 heavy (non-hydrogen) atoms. The van der Waals surface area contributed by atoms with E-state index in [0.717, 1.165) is 20.5 Å². The van der Waals surface area contributed by atoms with E-state index in [0.29, 0.717) is 23.3 Å². The molecule has 0 fully saturated rings. The third-order valence-corrected chi connectivity index (χ3v) is 4.37. The highest BCUT2D eigenvalue weighted by atomic mass is 127. The van der Waals surface area contributed by atoms with E-state index in [-0.39, 0.29) is 6.61 Å². The van der Waals surface area contributed by atoms with Gasteiger partial charge in [0.1, 0.15) is 5.82 Å². The molecule has 0 radical (unpaired) electrons. The molecule has 0 unspecified atom stereocenters. The molecular weight excluding hydrogens is 451 g/mol. The van der Waals surface area contributed by atoms with Crippen LogP contribution in [0.4, 0.5) is 17.5 Å². The van der Waals surface area contributed by atoms with Gasteiger partial charge in [0.15, 0.2) is 0 Å². The second-order valence-electron chi connectivity index (χ2n) is 5.23.